The summed E-state index contributed by atoms with van der Waals surface area (Å²) in [6.07, 6.45) is 2.65. The van der Waals surface area contributed by atoms with E-state index in [4.69, 9.17) is 4.74 Å². The van der Waals surface area contributed by atoms with Crippen LogP contribution in [-0.2, 0) is 14.8 Å². The van der Waals surface area contributed by atoms with Crippen molar-refractivity contribution >= 4 is 22.0 Å². The molecule has 0 radical (unpaired) electrons. The molecule has 3 fully saturated rings. The molecule has 140 valence electrons. The Morgan fingerprint density at radius 1 is 1.35 bits per heavy atom. The molecule has 1 unspecified atom stereocenters. The van der Waals surface area contributed by atoms with Crippen LogP contribution in [0, 0.1) is 0 Å². The van der Waals surface area contributed by atoms with Gasteiger partial charge in [-0.2, -0.15) is 4.31 Å². The summed E-state index contributed by atoms with van der Waals surface area (Å²) < 4.78 is 32.8. The summed E-state index contributed by atoms with van der Waals surface area (Å²) in [6, 6.07) is 6.29. The van der Waals surface area contributed by atoms with E-state index in [1.165, 1.54) is 16.4 Å². The lowest BCUT2D eigenvalue weighted by Crippen LogP contribution is -2.52. The minimum Gasteiger partial charge on any atom is -0.440 e. The number of nitrogens with zero attached hydrogens (tertiary/aromatic N) is 1. The highest BCUT2D eigenvalue weighted by atomic mass is 32.2. The lowest BCUT2D eigenvalue weighted by Gasteiger charge is -2.37. The van der Waals surface area contributed by atoms with Crippen LogP contribution in [0.15, 0.2) is 29.2 Å². The maximum absolute atomic E-state index is 13.1. The number of hydrogen-bond acceptors (Lipinski definition) is 5. The first kappa shape index (κ1) is 17.3. The molecule has 1 atom stereocenters. The van der Waals surface area contributed by atoms with Crippen LogP contribution >= 0.6 is 0 Å². The van der Waals surface area contributed by atoms with E-state index in [2.05, 4.69) is 10.6 Å². The molecule has 2 heterocycles. The Morgan fingerprint density at radius 2 is 2.15 bits per heavy atom. The van der Waals surface area contributed by atoms with Gasteiger partial charge in [-0.05, 0) is 43.9 Å². The lowest BCUT2D eigenvalue weighted by molar-refractivity contribution is 0.0143. The summed E-state index contributed by atoms with van der Waals surface area (Å²) in [4.78, 5) is 23.7. The molecule has 9 heteroatoms. The van der Waals surface area contributed by atoms with Crippen molar-refractivity contribution in [3.63, 3.8) is 0 Å². The monoisotopic (exact) mass is 379 g/mol. The van der Waals surface area contributed by atoms with Crippen molar-refractivity contribution in [2.75, 3.05) is 19.6 Å². The molecule has 1 aromatic carbocycles. The quantitative estimate of drug-likeness (QED) is 0.807. The van der Waals surface area contributed by atoms with Gasteiger partial charge in [-0.15, -0.1) is 0 Å². The molecule has 2 N–H and O–H groups in total. The zero-order valence-corrected chi connectivity index (χ0v) is 15.0. The van der Waals surface area contributed by atoms with Crippen molar-refractivity contribution in [1.29, 1.82) is 0 Å². The van der Waals surface area contributed by atoms with Crippen LogP contribution in [-0.4, -0.2) is 56.0 Å². The molecule has 0 bridgehead atoms. The van der Waals surface area contributed by atoms with Crippen LogP contribution in [0.5, 0.6) is 0 Å². The lowest BCUT2D eigenvalue weighted by atomic mass is 9.95. The van der Waals surface area contributed by atoms with Gasteiger partial charge >= 0.3 is 6.09 Å². The van der Waals surface area contributed by atoms with Gasteiger partial charge < -0.3 is 15.4 Å². The Labute approximate surface area is 151 Å². The van der Waals surface area contributed by atoms with E-state index in [1.807, 2.05) is 0 Å². The summed E-state index contributed by atoms with van der Waals surface area (Å²) in [7, 11) is -3.78. The first-order valence-electron chi connectivity index (χ1n) is 8.76. The fraction of sp³-hybridized carbons (Fsp3) is 0.529. The molecule has 26 heavy (non-hydrogen) atoms. The molecular weight excluding hydrogens is 358 g/mol. The van der Waals surface area contributed by atoms with E-state index in [0.717, 1.165) is 12.8 Å². The van der Waals surface area contributed by atoms with Gasteiger partial charge in [0.15, 0.2) is 0 Å². The summed E-state index contributed by atoms with van der Waals surface area (Å²) in [5, 5.41) is 5.46. The molecule has 2 amide bonds. The smallest absolute Gasteiger partial charge is 0.407 e. The third kappa shape index (κ3) is 3.28. The summed E-state index contributed by atoms with van der Waals surface area (Å²) in [6.45, 7) is 0.786. The number of ether oxygens (including phenoxy) is 1. The maximum atomic E-state index is 13.1. The van der Waals surface area contributed by atoms with E-state index in [0.29, 0.717) is 31.5 Å². The standard InChI is InChI=1S/C17H21N3O5S/c21-15(19-13-5-6-13)12-3-1-4-14(9-12)26(23,24)20-8-2-7-17(11-20)10-18-16(22)25-17/h1,3-4,9,13H,2,5-8,10-11H2,(H,18,22)(H,19,21). The van der Waals surface area contributed by atoms with Crippen molar-refractivity contribution in [2.24, 2.45) is 0 Å². The van der Waals surface area contributed by atoms with E-state index >= 15 is 0 Å². The number of piperidine rings is 1. The number of amides is 2. The van der Waals surface area contributed by atoms with Gasteiger partial charge in [-0.25, -0.2) is 13.2 Å². The van der Waals surface area contributed by atoms with Crippen LogP contribution in [0.2, 0.25) is 0 Å². The highest BCUT2D eigenvalue weighted by Crippen LogP contribution is 2.31. The summed E-state index contributed by atoms with van der Waals surface area (Å²) in [5.41, 5.74) is -0.470. The third-order valence-electron chi connectivity index (χ3n) is 5.02. The third-order valence-corrected chi connectivity index (χ3v) is 6.86. The van der Waals surface area contributed by atoms with Gasteiger partial charge in [0, 0.05) is 18.2 Å². The van der Waals surface area contributed by atoms with Crippen molar-refractivity contribution in [1.82, 2.24) is 14.9 Å². The van der Waals surface area contributed by atoms with E-state index < -0.39 is 21.7 Å². The van der Waals surface area contributed by atoms with Gasteiger partial charge in [0.05, 0.1) is 18.0 Å². The number of hydrogen-bond donors (Lipinski definition) is 2. The highest BCUT2D eigenvalue weighted by Gasteiger charge is 2.46. The molecule has 0 aromatic heterocycles. The number of rotatable bonds is 4. The Morgan fingerprint density at radius 3 is 2.85 bits per heavy atom. The second kappa shape index (κ2) is 6.24. The number of alkyl carbamates (subject to hydrolysis) is 1. The summed E-state index contributed by atoms with van der Waals surface area (Å²) >= 11 is 0. The first-order valence-corrected chi connectivity index (χ1v) is 10.2. The van der Waals surface area contributed by atoms with Crippen LogP contribution in [0.3, 0.4) is 0 Å². The number of carbonyl (C=O) groups is 2. The van der Waals surface area contributed by atoms with Crippen LogP contribution in [0.4, 0.5) is 4.79 Å². The molecule has 2 aliphatic heterocycles. The largest absolute Gasteiger partial charge is 0.440 e. The molecule has 1 aromatic rings. The molecule has 1 aliphatic carbocycles. The van der Waals surface area contributed by atoms with Crippen LogP contribution in [0.25, 0.3) is 0 Å². The predicted molar refractivity (Wildman–Crippen MR) is 92.1 cm³/mol. The molecule has 8 nitrogen and oxygen atoms in total. The van der Waals surface area contributed by atoms with Crippen molar-refractivity contribution in [3.8, 4) is 0 Å². The summed E-state index contributed by atoms with van der Waals surface area (Å²) in [5.74, 6) is -0.256. The highest BCUT2D eigenvalue weighted by molar-refractivity contribution is 7.89. The van der Waals surface area contributed by atoms with Gasteiger partial charge in [0.2, 0.25) is 10.0 Å². The van der Waals surface area contributed by atoms with E-state index in [1.54, 1.807) is 12.1 Å². The van der Waals surface area contributed by atoms with Gasteiger partial charge in [-0.1, -0.05) is 6.07 Å². The Bertz CT molecular complexity index is 852. The van der Waals surface area contributed by atoms with E-state index in [9.17, 15) is 18.0 Å². The zero-order chi connectivity index (χ0) is 18.4. The normalized spacial score (nSPS) is 26.4. The van der Waals surface area contributed by atoms with Gasteiger partial charge in [0.1, 0.15) is 5.60 Å². The molecule has 2 saturated heterocycles. The SMILES string of the molecule is O=C1NCC2(CCCN(S(=O)(=O)c3cccc(C(=O)NC4CC4)c3)C2)O1. The van der Waals surface area contributed by atoms with Crippen molar-refractivity contribution in [2.45, 2.75) is 42.2 Å². The fourth-order valence-electron chi connectivity index (χ4n) is 3.44. The number of carbonyl (C=O) groups excluding carboxylic acids is 2. The number of sulfonamides is 1. The van der Waals surface area contributed by atoms with Crippen LogP contribution < -0.4 is 10.6 Å². The van der Waals surface area contributed by atoms with Crippen molar-refractivity contribution < 1.29 is 22.7 Å². The number of nitrogens with one attached hydrogen (secondary N) is 2. The second-order valence-electron chi connectivity index (χ2n) is 7.14. The Hall–Kier alpha value is -2.13. The molecule has 1 spiro atoms. The average molecular weight is 379 g/mol. The minimum absolute atomic E-state index is 0.0790. The fourth-order valence-corrected chi connectivity index (χ4v) is 5.03. The molecule has 4 rings (SSSR count). The van der Waals surface area contributed by atoms with Gasteiger partial charge in [0.25, 0.3) is 5.91 Å². The topological polar surface area (TPSA) is 105 Å². The van der Waals surface area contributed by atoms with E-state index in [-0.39, 0.29) is 23.4 Å². The molecule has 3 aliphatic rings. The van der Waals surface area contributed by atoms with Gasteiger partial charge in [-0.3, -0.25) is 4.79 Å². The Balaban J connectivity index is 1.56. The second-order valence-corrected chi connectivity index (χ2v) is 9.08. The van der Waals surface area contributed by atoms with Crippen LogP contribution in [0.1, 0.15) is 36.0 Å². The molecule has 1 saturated carbocycles. The maximum Gasteiger partial charge on any atom is 0.407 e. The first-order chi connectivity index (χ1) is 12.4. The molecular formula is C17H21N3O5S. The zero-order valence-electron chi connectivity index (χ0n) is 14.2. The van der Waals surface area contributed by atoms with Crippen molar-refractivity contribution in [3.05, 3.63) is 29.8 Å². The predicted octanol–water partition coefficient (Wildman–Crippen LogP) is 0.842. The minimum atomic E-state index is -3.78. The Kier molecular flexibility index (Phi) is 4.15. The number of benzene rings is 1. The average Bonchev–Trinajstić information content (AvgIpc) is 3.37.